The Morgan fingerprint density at radius 1 is 1.00 bits per heavy atom. The van der Waals surface area contributed by atoms with Gasteiger partial charge in [-0.3, -0.25) is 4.79 Å². The molecule has 0 atom stereocenters. The maximum absolute atomic E-state index is 12.2. The van der Waals surface area contributed by atoms with Gasteiger partial charge in [0.15, 0.2) is 23.8 Å². The largest absolute Gasteiger partial charge is 0.493 e. The molecule has 1 heterocycles. The number of nitrogens with zero attached hydrogens (tertiary/aromatic N) is 1. The number of nitrogens with one attached hydrogen (secondary N) is 1. The van der Waals surface area contributed by atoms with Gasteiger partial charge < -0.3 is 19.5 Å². The minimum absolute atomic E-state index is 0.136. The third kappa shape index (κ3) is 5.89. The number of carbonyl (C=O) groups is 2. The molecule has 0 saturated carbocycles. The van der Waals surface area contributed by atoms with E-state index in [1.807, 2.05) is 60.7 Å². The summed E-state index contributed by atoms with van der Waals surface area (Å²) in [6.07, 6.45) is 2.36. The van der Waals surface area contributed by atoms with Crippen molar-refractivity contribution >= 4 is 23.9 Å². The molecular formula is C27H24N2O5. The molecule has 4 rings (SSSR count). The lowest BCUT2D eigenvalue weighted by Crippen LogP contribution is -2.30. The maximum Gasteiger partial charge on any atom is 0.363 e. The molecule has 7 heteroatoms. The molecule has 0 unspecified atom stereocenters. The van der Waals surface area contributed by atoms with Crippen molar-refractivity contribution in [3.63, 3.8) is 0 Å². The zero-order chi connectivity index (χ0) is 23.8. The minimum Gasteiger partial charge on any atom is -0.493 e. The van der Waals surface area contributed by atoms with Crippen LogP contribution in [0.1, 0.15) is 16.7 Å². The van der Waals surface area contributed by atoms with Crippen LogP contribution < -0.4 is 14.8 Å². The molecule has 0 aromatic heterocycles. The highest BCUT2D eigenvalue weighted by molar-refractivity contribution is 6.12. The van der Waals surface area contributed by atoms with E-state index in [-0.39, 0.29) is 24.1 Å². The Kier molecular flexibility index (Phi) is 7.35. The molecular weight excluding hydrogens is 432 g/mol. The van der Waals surface area contributed by atoms with Crippen LogP contribution in [-0.4, -0.2) is 38.0 Å². The second-order valence-electron chi connectivity index (χ2n) is 7.49. The summed E-state index contributed by atoms with van der Waals surface area (Å²) in [7, 11) is 1.51. The molecule has 0 radical (unpaired) electrons. The topological polar surface area (TPSA) is 86.2 Å². The van der Waals surface area contributed by atoms with Gasteiger partial charge >= 0.3 is 5.97 Å². The summed E-state index contributed by atoms with van der Waals surface area (Å²) < 4.78 is 16.3. The van der Waals surface area contributed by atoms with E-state index in [0.29, 0.717) is 23.6 Å². The summed E-state index contributed by atoms with van der Waals surface area (Å²) >= 11 is 0. The van der Waals surface area contributed by atoms with Gasteiger partial charge in [-0.25, -0.2) is 9.79 Å². The van der Waals surface area contributed by atoms with Gasteiger partial charge in [-0.1, -0.05) is 54.6 Å². The molecule has 172 valence electrons. The monoisotopic (exact) mass is 456 g/mol. The van der Waals surface area contributed by atoms with E-state index in [9.17, 15) is 9.59 Å². The van der Waals surface area contributed by atoms with E-state index in [4.69, 9.17) is 14.2 Å². The second kappa shape index (κ2) is 11.0. The van der Waals surface area contributed by atoms with E-state index in [1.54, 1.807) is 24.3 Å². The van der Waals surface area contributed by atoms with Crippen molar-refractivity contribution in [2.75, 3.05) is 20.3 Å². The summed E-state index contributed by atoms with van der Waals surface area (Å²) in [4.78, 5) is 28.7. The Morgan fingerprint density at radius 2 is 1.74 bits per heavy atom. The molecule has 3 aromatic rings. The number of aliphatic imine (C=N–C) groups is 1. The minimum atomic E-state index is -0.523. The standard InChI is InChI=1S/C27H24N2O5/c1-32-24-17-20(16-22-27(31)34-26(29-22)21-10-6-3-7-11-21)12-13-23(24)33-18-25(30)28-15-14-19-8-4-2-5-9-19/h2-13,16-17H,14-15,18H2,1H3,(H,28,30)/b22-16-. The normalized spacial score (nSPS) is 13.9. The van der Waals surface area contributed by atoms with E-state index in [1.165, 1.54) is 7.11 Å². The Bertz CT molecular complexity index is 1220. The number of hydrogen-bond acceptors (Lipinski definition) is 6. The van der Waals surface area contributed by atoms with Gasteiger partial charge in [0.2, 0.25) is 5.90 Å². The lowest BCUT2D eigenvalue weighted by molar-refractivity contribution is -0.130. The smallest absolute Gasteiger partial charge is 0.363 e. The van der Waals surface area contributed by atoms with Crippen molar-refractivity contribution < 1.29 is 23.8 Å². The summed E-state index contributed by atoms with van der Waals surface area (Å²) in [6, 6.07) is 24.3. The Balaban J connectivity index is 1.36. The van der Waals surface area contributed by atoms with Crippen LogP contribution >= 0.6 is 0 Å². The molecule has 0 aliphatic carbocycles. The first-order valence-electron chi connectivity index (χ1n) is 10.8. The van der Waals surface area contributed by atoms with Gasteiger partial charge in [-0.2, -0.15) is 0 Å². The molecule has 34 heavy (non-hydrogen) atoms. The fraction of sp³-hybridized carbons (Fsp3) is 0.148. The highest BCUT2D eigenvalue weighted by atomic mass is 16.6. The van der Waals surface area contributed by atoms with Crippen LogP contribution in [-0.2, 0) is 20.7 Å². The number of esters is 1. The quantitative estimate of drug-likeness (QED) is 0.391. The first kappa shape index (κ1) is 22.8. The molecule has 0 fully saturated rings. The van der Waals surface area contributed by atoms with Crippen molar-refractivity contribution in [2.45, 2.75) is 6.42 Å². The molecule has 7 nitrogen and oxygen atoms in total. The third-order valence-electron chi connectivity index (χ3n) is 5.07. The number of ether oxygens (including phenoxy) is 3. The SMILES string of the molecule is COc1cc(/C=C2\N=C(c3ccccc3)OC2=O)ccc1OCC(=O)NCCc1ccccc1. The van der Waals surface area contributed by atoms with Crippen molar-refractivity contribution in [2.24, 2.45) is 4.99 Å². The Morgan fingerprint density at radius 3 is 2.47 bits per heavy atom. The van der Waals surface area contributed by atoms with Crippen molar-refractivity contribution in [3.8, 4) is 11.5 Å². The Labute approximate surface area is 197 Å². The summed E-state index contributed by atoms with van der Waals surface area (Å²) in [5, 5.41) is 2.84. The van der Waals surface area contributed by atoms with E-state index < -0.39 is 5.97 Å². The fourth-order valence-electron chi connectivity index (χ4n) is 3.35. The molecule has 1 aliphatic heterocycles. The van der Waals surface area contributed by atoms with E-state index >= 15 is 0 Å². The summed E-state index contributed by atoms with van der Waals surface area (Å²) in [5.41, 5.74) is 2.75. The molecule has 0 bridgehead atoms. The van der Waals surface area contributed by atoms with Crippen LogP contribution in [0.25, 0.3) is 6.08 Å². The maximum atomic E-state index is 12.2. The van der Waals surface area contributed by atoms with E-state index in [2.05, 4.69) is 10.3 Å². The molecule has 0 spiro atoms. The van der Waals surface area contributed by atoms with Gasteiger partial charge in [0.05, 0.1) is 7.11 Å². The summed E-state index contributed by atoms with van der Waals surface area (Å²) in [6.45, 7) is 0.389. The number of methoxy groups -OCH3 is 1. The number of amides is 1. The van der Waals surface area contributed by atoms with Crippen LogP contribution in [0.5, 0.6) is 11.5 Å². The van der Waals surface area contributed by atoms with Gasteiger partial charge in [-0.15, -0.1) is 0 Å². The average Bonchev–Trinajstić information content (AvgIpc) is 3.24. The lowest BCUT2D eigenvalue weighted by atomic mass is 10.1. The molecule has 1 amide bonds. The van der Waals surface area contributed by atoms with Gasteiger partial charge in [0.25, 0.3) is 5.91 Å². The van der Waals surface area contributed by atoms with Crippen LogP contribution in [0.3, 0.4) is 0 Å². The zero-order valence-corrected chi connectivity index (χ0v) is 18.7. The van der Waals surface area contributed by atoms with Crippen LogP contribution in [0, 0.1) is 0 Å². The number of hydrogen-bond donors (Lipinski definition) is 1. The highest BCUT2D eigenvalue weighted by Crippen LogP contribution is 2.29. The average molecular weight is 456 g/mol. The Hall–Kier alpha value is -4.39. The molecule has 1 N–H and O–H groups in total. The fourth-order valence-corrected chi connectivity index (χ4v) is 3.35. The predicted octanol–water partition coefficient (Wildman–Crippen LogP) is 3.78. The van der Waals surface area contributed by atoms with Crippen LogP contribution in [0.4, 0.5) is 0 Å². The first-order valence-corrected chi connectivity index (χ1v) is 10.8. The van der Waals surface area contributed by atoms with Crippen molar-refractivity contribution in [3.05, 3.63) is 101 Å². The number of rotatable bonds is 9. The predicted molar refractivity (Wildman–Crippen MR) is 129 cm³/mol. The van der Waals surface area contributed by atoms with E-state index in [0.717, 1.165) is 17.5 Å². The zero-order valence-electron chi connectivity index (χ0n) is 18.7. The third-order valence-corrected chi connectivity index (χ3v) is 5.07. The highest BCUT2D eigenvalue weighted by Gasteiger charge is 2.24. The molecule has 0 saturated heterocycles. The van der Waals surface area contributed by atoms with Crippen molar-refractivity contribution in [1.29, 1.82) is 0 Å². The van der Waals surface area contributed by atoms with Crippen molar-refractivity contribution in [1.82, 2.24) is 5.32 Å². The first-order chi connectivity index (χ1) is 16.6. The van der Waals surface area contributed by atoms with Gasteiger partial charge in [-0.05, 0) is 47.9 Å². The van der Waals surface area contributed by atoms with Crippen LogP contribution in [0.15, 0.2) is 89.6 Å². The molecule has 3 aromatic carbocycles. The van der Waals surface area contributed by atoms with Gasteiger partial charge in [0.1, 0.15) is 0 Å². The number of benzene rings is 3. The van der Waals surface area contributed by atoms with Gasteiger partial charge in [0, 0.05) is 12.1 Å². The number of carbonyl (C=O) groups excluding carboxylic acids is 2. The lowest BCUT2D eigenvalue weighted by Gasteiger charge is -2.11. The number of cyclic esters (lactones) is 1. The van der Waals surface area contributed by atoms with Crippen LogP contribution in [0.2, 0.25) is 0 Å². The summed E-state index contributed by atoms with van der Waals surface area (Å²) in [5.74, 6) is 0.378. The second-order valence-corrected chi connectivity index (χ2v) is 7.49. The molecule has 1 aliphatic rings.